The molecule has 5 nitrogen and oxygen atoms in total. The van der Waals surface area contributed by atoms with Crippen LogP contribution in [0, 0.1) is 0 Å². The lowest BCUT2D eigenvalue weighted by molar-refractivity contribution is 0.0659. The highest BCUT2D eigenvalue weighted by Gasteiger charge is 2.36. The summed E-state index contributed by atoms with van der Waals surface area (Å²) in [5, 5.41) is 6.59. The second kappa shape index (κ2) is 6.54. The van der Waals surface area contributed by atoms with E-state index < -0.39 is 0 Å². The minimum atomic E-state index is -0.323. The minimum Gasteiger partial charge on any atom is -0.467 e. The smallest absolute Gasteiger partial charge is 0.310 e. The molecule has 25 heavy (non-hydrogen) atoms. The maximum absolute atomic E-state index is 12.8. The summed E-state index contributed by atoms with van der Waals surface area (Å²) < 4.78 is 11.4. The van der Waals surface area contributed by atoms with E-state index in [9.17, 15) is 4.79 Å². The molecule has 0 saturated heterocycles. The zero-order chi connectivity index (χ0) is 17.4. The zero-order valence-corrected chi connectivity index (χ0v) is 15.2. The number of carbonyl (C=O) groups is 1. The molecule has 0 fully saturated rings. The van der Waals surface area contributed by atoms with Gasteiger partial charge < -0.3 is 8.83 Å². The Hall–Kier alpha value is -2.31. The summed E-state index contributed by atoms with van der Waals surface area (Å²) >= 11 is 9.17. The predicted octanol–water partition coefficient (Wildman–Crippen LogP) is 5.28. The van der Waals surface area contributed by atoms with E-state index in [4.69, 9.17) is 20.4 Å². The third-order valence-electron chi connectivity index (χ3n) is 3.95. The molecule has 0 radical (unpaired) electrons. The number of nitrogens with zero attached hydrogens (tertiary/aromatic N) is 2. The molecule has 1 atom stereocenters. The number of amides is 1. The average molecular weight is 420 g/mol. The first-order chi connectivity index (χ1) is 12.1. The second-order valence-electron chi connectivity index (χ2n) is 5.54. The summed E-state index contributed by atoms with van der Waals surface area (Å²) in [4.78, 5) is 12.8. The molecule has 0 saturated carbocycles. The van der Waals surface area contributed by atoms with Gasteiger partial charge in [-0.15, -0.1) is 0 Å². The summed E-state index contributed by atoms with van der Waals surface area (Å²) in [6.07, 6.45) is 2.13. The molecule has 1 amide bonds. The van der Waals surface area contributed by atoms with Crippen molar-refractivity contribution in [2.75, 3.05) is 0 Å². The number of benzene rings is 1. The summed E-state index contributed by atoms with van der Waals surface area (Å²) in [7, 11) is 0. The Bertz CT molecular complexity index is 932. The Morgan fingerprint density at radius 1 is 1.20 bits per heavy atom. The minimum absolute atomic E-state index is 0.213. The normalized spacial score (nSPS) is 17.0. The van der Waals surface area contributed by atoms with Crippen molar-refractivity contribution in [2.24, 2.45) is 5.10 Å². The summed E-state index contributed by atoms with van der Waals surface area (Å²) in [5.74, 6) is 0.562. The van der Waals surface area contributed by atoms with Gasteiger partial charge >= 0.3 is 5.91 Å². The molecule has 0 unspecified atom stereocenters. The van der Waals surface area contributed by atoms with Gasteiger partial charge in [-0.05, 0) is 57.9 Å². The van der Waals surface area contributed by atoms with Gasteiger partial charge in [0.25, 0.3) is 0 Å². The molecule has 1 aliphatic heterocycles. The molecule has 3 aromatic rings. The summed E-state index contributed by atoms with van der Waals surface area (Å²) in [6.45, 7) is 0. The standard InChI is InChI=1S/C18H12BrClN2O3/c19-17-8-7-16(25-17)18(23)22-14(15-2-1-9-24-15)10-13(21-22)11-3-5-12(20)6-4-11/h1-9,14H,10H2/t14-/m1/s1. The van der Waals surface area contributed by atoms with Crippen LogP contribution in [0.3, 0.4) is 0 Å². The topological polar surface area (TPSA) is 59.0 Å². The van der Waals surface area contributed by atoms with Crippen molar-refractivity contribution in [1.29, 1.82) is 0 Å². The maximum Gasteiger partial charge on any atom is 0.310 e. The average Bonchev–Trinajstić information content (AvgIpc) is 3.34. The van der Waals surface area contributed by atoms with Crippen LogP contribution in [0.4, 0.5) is 0 Å². The first-order valence-corrected chi connectivity index (χ1v) is 8.74. The first-order valence-electron chi connectivity index (χ1n) is 7.57. The maximum atomic E-state index is 12.8. The van der Waals surface area contributed by atoms with Gasteiger partial charge in [0.1, 0.15) is 11.8 Å². The van der Waals surface area contributed by atoms with E-state index in [1.54, 1.807) is 36.6 Å². The zero-order valence-electron chi connectivity index (χ0n) is 12.9. The van der Waals surface area contributed by atoms with Crippen molar-refractivity contribution in [3.05, 3.63) is 81.6 Å². The van der Waals surface area contributed by atoms with Gasteiger partial charge in [-0.2, -0.15) is 5.10 Å². The molecule has 4 rings (SSSR count). The Kier molecular flexibility index (Phi) is 4.23. The third kappa shape index (κ3) is 3.15. The van der Waals surface area contributed by atoms with Gasteiger partial charge in [-0.1, -0.05) is 23.7 Å². The van der Waals surface area contributed by atoms with Gasteiger partial charge in [0, 0.05) is 11.4 Å². The molecule has 3 heterocycles. The fourth-order valence-corrected chi connectivity index (χ4v) is 3.19. The molecule has 0 N–H and O–H groups in total. The van der Waals surface area contributed by atoms with Gasteiger partial charge in [0.2, 0.25) is 0 Å². The van der Waals surface area contributed by atoms with E-state index in [-0.39, 0.29) is 17.7 Å². The number of halogens is 2. The Morgan fingerprint density at radius 3 is 2.64 bits per heavy atom. The van der Waals surface area contributed by atoms with E-state index in [1.165, 1.54) is 5.01 Å². The molecule has 0 spiro atoms. The van der Waals surface area contributed by atoms with E-state index in [1.807, 2.05) is 18.2 Å². The largest absolute Gasteiger partial charge is 0.467 e. The lowest BCUT2D eigenvalue weighted by Gasteiger charge is -2.18. The van der Waals surface area contributed by atoms with Crippen LogP contribution < -0.4 is 0 Å². The van der Waals surface area contributed by atoms with Crippen LogP contribution in [0.5, 0.6) is 0 Å². The number of rotatable bonds is 3. The lowest BCUT2D eigenvalue weighted by Crippen LogP contribution is -2.26. The van der Waals surface area contributed by atoms with E-state index in [0.717, 1.165) is 11.3 Å². The van der Waals surface area contributed by atoms with Gasteiger partial charge in [0.15, 0.2) is 10.4 Å². The van der Waals surface area contributed by atoms with Crippen LogP contribution in [0.25, 0.3) is 0 Å². The fraction of sp³-hybridized carbons (Fsp3) is 0.111. The number of carbonyl (C=O) groups excluding carboxylic acids is 1. The molecule has 0 aliphatic carbocycles. The molecular weight excluding hydrogens is 408 g/mol. The predicted molar refractivity (Wildman–Crippen MR) is 96.6 cm³/mol. The summed E-state index contributed by atoms with van der Waals surface area (Å²) in [5.41, 5.74) is 1.70. The van der Waals surface area contributed by atoms with Crippen molar-refractivity contribution in [3.63, 3.8) is 0 Å². The van der Waals surface area contributed by atoms with Crippen LogP contribution >= 0.6 is 27.5 Å². The number of hydrogen-bond donors (Lipinski definition) is 0. The fourth-order valence-electron chi connectivity index (χ4n) is 2.76. The molecule has 126 valence electrons. The van der Waals surface area contributed by atoms with Crippen molar-refractivity contribution in [1.82, 2.24) is 5.01 Å². The number of furan rings is 2. The van der Waals surface area contributed by atoms with Crippen LogP contribution in [0.2, 0.25) is 5.02 Å². The van der Waals surface area contributed by atoms with E-state index in [2.05, 4.69) is 21.0 Å². The van der Waals surface area contributed by atoms with E-state index >= 15 is 0 Å². The Morgan fingerprint density at radius 2 is 2.00 bits per heavy atom. The first kappa shape index (κ1) is 16.2. The molecule has 1 aliphatic rings. The van der Waals surface area contributed by atoms with E-state index in [0.29, 0.717) is 21.9 Å². The van der Waals surface area contributed by atoms with Crippen LogP contribution in [-0.2, 0) is 0 Å². The highest BCUT2D eigenvalue weighted by atomic mass is 79.9. The van der Waals surface area contributed by atoms with Crippen LogP contribution in [0.15, 0.2) is 73.4 Å². The monoisotopic (exact) mass is 418 g/mol. The molecule has 2 aromatic heterocycles. The van der Waals surface area contributed by atoms with Gasteiger partial charge in [-0.25, -0.2) is 5.01 Å². The van der Waals surface area contributed by atoms with Crippen LogP contribution in [-0.4, -0.2) is 16.6 Å². The van der Waals surface area contributed by atoms with Gasteiger partial charge in [0.05, 0.1) is 12.0 Å². The van der Waals surface area contributed by atoms with Crippen LogP contribution in [0.1, 0.15) is 34.3 Å². The number of hydrogen-bond acceptors (Lipinski definition) is 4. The lowest BCUT2D eigenvalue weighted by atomic mass is 10.0. The second-order valence-corrected chi connectivity index (χ2v) is 6.76. The quantitative estimate of drug-likeness (QED) is 0.580. The summed E-state index contributed by atoms with van der Waals surface area (Å²) in [6, 6.07) is 14.0. The van der Waals surface area contributed by atoms with Crippen molar-refractivity contribution in [2.45, 2.75) is 12.5 Å². The highest BCUT2D eigenvalue weighted by Crippen LogP contribution is 2.34. The molecule has 7 heteroatoms. The third-order valence-corrected chi connectivity index (χ3v) is 4.63. The van der Waals surface area contributed by atoms with Gasteiger partial charge in [-0.3, -0.25) is 4.79 Å². The van der Waals surface area contributed by atoms with Crippen molar-refractivity contribution < 1.29 is 13.6 Å². The van der Waals surface area contributed by atoms with Crippen molar-refractivity contribution in [3.8, 4) is 0 Å². The van der Waals surface area contributed by atoms with Crippen molar-refractivity contribution >= 4 is 39.1 Å². The SMILES string of the molecule is O=C(c1ccc(Br)o1)N1N=C(c2ccc(Cl)cc2)C[C@@H]1c1ccco1. The highest BCUT2D eigenvalue weighted by molar-refractivity contribution is 9.10. The molecular formula is C18H12BrClN2O3. The molecule has 0 bridgehead atoms. The number of hydrazone groups is 1. The molecule has 1 aromatic carbocycles. The Labute approximate surface area is 157 Å². The Balaban J connectivity index is 1.71.